The van der Waals surface area contributed by atoms with E-state index < -0.39 is 0 Å². The minimum Gasteiger partial charge on any atom is -0.373 e. The summed E-state index contributed by atoms with van der Waals surface area (Å²) in [6.07, 6.45) is 4.99. The van der Waals surface area contributed by atoms with Gasteiger partial charge in [0.2, 0.25) is 0 Å². The van der Waals surface area contributed by atoms with Gasteiger partial charge in [-0.2, -0.15) is 0 Å². The van der Waals surface area contributed by atoms with Crippen molar-refractivity contribution in [3.63, 3.8) is 0 Å². The highest BCUT2D eigenvalue weighted by atomic mass is 15.3. The average Bonchev–Trinajstić information content (AvgIpc) is 3.31. The SMILES string of the molecule is CNc1nc(C2CC2)nc(N(C)C2CCCN(C)C2)c1C. The third-order valence-corrected chi connectivity index (χ3v) is 4.80. The van der Waals surface area contributed by atoms with E-state index in [9.17, 15) is 0 Å². The van der Waals surface area contributed by atoms with Crippen LogP contribution in [0.15, 0.2) is 0 Å². The average molecular weight is 289 g/mol. The van der Waals surface area contributed by atoms with Gasteiger partial charge in [-0.15, -0.1) is 0 Å². The normalized spacial score (nSPS) is 23.1. The predicted molar refractivity (Wildman–Crippen MR) is 87.2 cm³/mol. The number of aromatic nitrogens is 2. The number of hydrogen-bond donors (Lipinski definition) is 1. The van der Waals surface area contributed by atoms with Crippen molar-refractivity contribution in [3.8, 4) is 0 Å². The number of anilines is 2. The Labute approximate surface area is 127 Å². The van der Waals surface area contributed by atoms with Gasteiger partial charge < -0.3 is 15.1 Å². The Bertz CT molecular complexity index is 512. The summed E-state index contributed by atoms with van der Waals surface area (Å²) < 4.78 is 0. The second-order valence-electron chi connectivity index (χ2n) is 6.57. The van der Waals surface area contributed by atoms with Crippen molar-refractivity contribution in [1.82, 2.24) is 14.9 Å². The molecule has 1 saturated carbocycles. The molecule has 1 aromatic rings. The molecule has 0 amide bonds. The van der Waals surface area contributed by atoms with Crippen LogP contribution in [0.25, 0.3) is 0 Å². The van der Waals surface area contributed by atoms with Crippen LogP contribution in [0.1, 0.15) is 43.0 Å². The first kappa shape index (κ1) is 14.6. The molecule has 116 valence electrons. The van der Waals surface area contributed by atoms with Crippen molar-refractivity contribution < 1.29 is 0 Å². The first-order chi connectivity index (χ1) is 10.1. The molecule has 3 rings (SSSR count). The zero-order chi connectivity index (χ0) is 15.0. The molecule has 1 N–H and O–H groups in total. The molecule has 1 aliphatic carbocycles. The lowest BCUT2D eigenvalue weighted by molar-refractivity contribution is 0.247. The summed E-state index contributed by atoms with van der Waals surface area (Å²) in [5.74, 6) is 3.70. The van der Waals surface area contributed by atoms with Gasteiger partial charge in [-0.3, -0.25) is 0 Å². The summed E-state index contributed by atoms with van der Waals surface area (Å²) >= 11 is 0. The molecular formula is C16H27N5. The zero-order valence-corrected chi connectivity index (χ0v) is 13.7. The van der Waals surface area contributed by atoms with E-state index in [-0.39, 0.29) is 0 Å². The second-order valence-corrected chi connectivity index (χ2v) is 6.57. The van der Waals surface area contributed by atoms with E-state index in [1.807, 2.05) is 7.05 Å². The molecule has 2 aliphatic rings. The predicted octanol–water partition coefficient (Wildman–Crippen LogP) is 2.23. The number of likely N-dealkylation sites (tertiary alicyclic amines) is 1. The van der Waals surface area contributed by atoms with Crippen molar-refractivity contribution in [2.24, 2.45) is 0 Å². The Morgan fingerprint density at radius 3 is 2.62 bits per heavy atom. The van der Waals surface area contributed by atoms with Crippen molar-refractivity contribution >= 4 is 11.6 Å². The molecule has 1 aromatic heterocycles. The molecule has 5 nitrogen and oxygen atoms in total. The first-order valence-electron chi connectivity index (χ1n) is 8.07. The maximum absolute atomic E-state index is 4.90. The fourth-order valence-electron chi connectivity index (χ4n) is 3.26. The van der Waals surface area contributed by atoms with Gasteiger partial charge in [0.25, 0.3) is 0 Å². The number of rotatable bonds is 4. The van der Waals surface area contributed by atoms with Crippen LogP contribution in [0.5, 0.6) is 0 Å². The van der Waals surface area contributed by atoms with Crippen LogP contribution >= 0.6 is 0 Å². The van der Waals surface area contributed by atoms with E-state index in [4.69, 9.17) is 9.97 Å². The van der Waals surface area contributed by atoms with Gasteiger partial charge in [0.05, 0.1) is 0 Å². The van der Waals surface area contributed by atoms with Gasteiger partial charge in [0.1, 0.15) is 17.5 Å². The molecule has 2 fully saturated rings. The Kier molecular flexibility index (Phi) is 4.02. The Balaban J connectivity index is 1.90. The van der Waals surface area contributed by atoms with Gasteiger partial charge in [-0.25, -0.2) is 9.97 Å². The molecular weight excluding hydrogens is 262 g/mol. The molecule has 0 spiro atoms. The molecule has 1 unspecified atom stereocenters. The van der Waals surface area contributed by atoms with Crippen molar-refractivity contribution in [2.75, 3.05) is 44.4 Å². The van der Waals surface area contributed by atoms with Gasteiger partial charge in [-0.05, 0) is 46.2 Å². The quantitative estimate of drug-likeness (QED) is 0.921. The van der Waals surface area contributed by atoms with Gasteiger partial charge in [-0.1, -0.05) is 0 Å². The van der Waals surface area contributed by atoms with Crippen LogP contribution in [0.2, 0.25) is 0 Å². The molecule has 5 heteroatoms. The molecule has 0 aromatic carbocycles. The van der Waals surface area contributed by atoms with E-state index >= 15 is 0 Å². The summed E-state index contributed by atoms with van der Waals surface area (Å²) in [6.45, 7) is 4.46. The van der Waals surface area contributed by atoms with Crippen molar-refractivity contribution in [1.29, 1.82) is 0 Å². The summed E-state index contributed by atoms with van der Waals surface area (Å²) in [5.41, 5.74) is 1.16. The van der Waals surface area contributed by atoms with E-state index in [1.165, 1.54) is 32.2 Å². The Morgan fingerprint density at radius 2 is 2.00 bits per heavy atom. The molecule has 1 aliphatic heterocycles. The lowest BCUT2D eigenvalue weighted by Gasteiger charge is -2.37. The lowest BCUT2D eigenvalue weighted by atomic mass is 10.0. The van der Waals surface area contributed by atoms with Gasteiger partial charge in [0.15, 0.2) is 0 Å². The summed E-state index contributed by atoms with van der Waals surface area (Å²) in [5, 5.41) is 3.24. The number of nitrogens with zero attached hydrogens (tertiary/aromatic N) is 4. The van der Waals surface area contributed by atoms with Crippen molar-refractivity contribution in [2.45, 2.75) is 44.6 Å². The van der Waals surface area contributed by atoms with Crippen LogP contribution in [0.3, 0.4) is 0 Å². The smallest absolute Gasteiger partial charge is 0.137 e. The number of hydrogen-bond acceptors (Lipinski definition) is 5. The zero-order valence-electron chi connectivity index (χ0n) is 13.7. The Morgan fingerprint density at radius 1 is 1.24 bits per heavy atom. The largest absolute Gasteiger partial charge is 0.373 e. The summed E-state index contributed by atoms with van der Waals surface area (Å²) in [7, 11) is 6.35. The van der Waals surface area contributed by atoms with Gasteiger partial charge >= 0.3 is 0 Å². The third kappa shape index (κ3) is 2.98. The minimum absolute atomic E-state index is 0.550. The molecule has 0 radical (unpaired) electrons. The third-order valence-electron chi connectivity index (χ3n) is 4.80. The molecule has 1 saturated heterocycles. The number of likely N-dealkylation sites (N-methyl/N-ethyl adjacent to an activating group) is 2. The maximum atomic E-state index is 4.90. The van der Waals surface area contributed by atoms with Crippen LogP contribution < -0.4 is 10.2 Å². The van der Waals surface area contributed by atoms with E-state index in [1.54, 1.807) is 0 Å². The van der Waals surface area contributed by atoms with Crippen LogP contribution in [0, 0.1) is 6.92 Å². The minimum atomic E-state index is 0.550. The van der Waals surface area contributed by atoms with E-state index in [2.05, 4.69) is 36.1 Å². The van der Waals surface area contributed by atoms with E-state index in [0.29, 0.717) is 12.0 Å². The highest BCUT2D eigenvalue weighted by Gasteiger charge is 2.30. The highest BCUT2D eigenvalue weighted by molar-refractivity contribution is 5.59. The number of nitrogens with one attached hydrogen (secondary N) is 1. The van der Waals surface area contributed by atoms with Gasteiger partial charge in [0, 0.05) is 38.2 Å². The standard InChI is InChI=1S/C16H27N5/c1-11-14(17-2)18-15(12-7-8-12)19-16(11)21(4)13-6-5-9-20(3)10-13/h12-13H,5-10H2,1-4H3,(H,17,18,19). The van der Waals surface area contributed by atoms with Crippen LogP contribution in [-0.4, -0.2) is 55.1 Å². The fraction of sp³-hybridized carbons (Fsp3) is 0.750. The summed E-state index contributed by atoms with van der Waals surface area (Å²) in [6, 6.07) is 0.550. The maximum Gasteiger partial charge on any atom is 0.137 e. The van der Waals surface area contributed by atoms with Crippen molar-refractivity contribution in [3.05, 3.63) is 11.4 Å². The topological polar surface area (TPSA) is 44.3 Å². The second kappa shape index (κ2) is 5.79. The number of piperidine rings is 1. The van der Waals surface area contributed by atoms with Crippen LogP contribution in [0.4, 0.5) is 11.6 Å². The molecule has 1 atom stereocenters. The van der Waals surface area contributed by atoms with E-state index in [0.717, 1.165) is 29.6 Å². The first-order valence-corrected chi connectivity index (χ1v) is 8.07. The fourth-order valence-corrected chi connectivity index (χ4v) is 3.26. The molecule has 2 heterocycles. The lowest BCUT2D eigenvalue weighted by Crippen LogP contribution is -2.45. The Hall–Kier alpha value is -1.36. The monoisotopic (exact) mass is 289 g/mol. The summed E-state index contributed by atoms with van der Waals surface area (Å²) in [4.78, 5) is 14.4. The van der Waals surface area contributed by atoms with Crippen LogP contribution in [-0.2, 0) is 0 Å². The molecule has 0 bridgehead atoms. The highest BCUT2D eigenvalue weighted by Crippen LogP contribution is 2.40. The molecule has 21 heavy (non-hydrogen) atoms.